The normalized spacial score (nSPS) is 12.6. The van der Waals surface area contributed by atoms with E-state index in [1.54, 1.807) is 13.8 Å². The number of hydrogen-bond acceptors (Lipinski definition) is 4. The summed E-state index contributed by atoms with van der Waals surface area (Å²) >= 11 is 0. The number of rotatable bonds is 6. The largest absolute Gasteiger partial charge is 0.466 e. The van der Waals surface area contributed by atoms with Crippen LogP contribution in [0.15, 0.2) is 0 Å². The average molecular weight is 175 g/mol. The van der Waals surface area contributed by atoms with E-state index in [9.17, 15) is 4.79 Å². The SMILES string of the molecule is CCOC(=O)C(C)CNCCO. The van der Waals surface area contributed by atoms with Crippen LogP contribution in [0.5, 0.6) is 0 Å². The highest BCUT2D eigenvalue weighted by Gasteiger charge is 2.12. The van der Waals surface area contributed by atoms with Crippen molar-refractivity contribution in [3.63, 3.8) is 0 Å². The third-order valence-electron chi connectivity index (χ3n) is 1.43. The number of nitrogens with one attached hydrogen (secondary N) is 1. The Bertz CT molecular complexity index is 127. The van der Waals surface area contributed by atoms with Gasteiger partial charge in [-0.3, -0.25) is 4.79 Å². The summed E-state index contributed by atoms with van der Waals surface area (Å²) in [7, 11) is 0. The van der Waals surface area contributed by atoms with Crippen molar-refractivity contribution in [2.75, 3.05) is 26.3 Å². The molecule has 4 heteroatoms. The number of aliphatic hydroxyl groups excluding tert-OH is 1. The van der Waals surface area contributed by atoms with Crippen molar-refractivity contribution >= 4 is 5.97 Å². The number of aliphatic hydroxyl groups is 1. The highest BCUT2D eigenvalue weighted by molar-refractivity contribution is 5.72. The quantitative estimate of drug-likeness (QED) is 0.432. The summed E-state index contributed by atoms with van der Waals surface area (Å²) in [6.07, 6.45) is 0. The van der Waals surface area contributed by atoms with Crippen molar-refractivity contribution in [1.82, 2.24) is 5.32 Å². The Hall–Kier alpha value is -0.610. The average Bonchev–Trinajstić information content (AvgIpc) is 2.05. The second-order valence-corrected chi connectivity index (χ2v) is 2.58. The van der Waals surface area contributed by atoms with E-state index < -0.39 is 0 Å². The maximum atomic E-state index is 11.0. The van der Waals surface area contributed by atoms with Crippen molar-refractivity contribution in [3.05, 3.63) is 0 Å². The standard InChI is InChI=1S/C8H17NO3/c1-3-12-8(11)7(2)6-9-4-5-10/h7,9-10H,3-6H2,1-2H3. The fourth-order valence-electron chi connectivity index (χ4n) is 0.765. The van der Waals surface area contributed by atoms with Gasteiger partial charge in [-0.1, -0.05) is 6.92 Å². The molecule has 1 unspecified atom stereocenters. The van der Waals surface area contributed by atoms with Crippen LogP contribution in [0, 0.1) is 5.92 Å². The lowest BCUT2D eigenvalue weighted by molar-refractivity contribution is -0.147. The lowest BCUT2D eigenvalue weighted by Crippen LogP contribution is -2.29. The summed E-state index contributed by atoms with van der Waals surface area (Å²) < 4.78 is 4.79. The van der Waals surface area contributed by atoms with Gasteiger partial charge in [-0.05, 0) is 6.92 Å². The van der Waals surface area contributed by atoms with Gasteiger partial charge in [0, 0.05) is 13.1 Å². The van der Waals surface area contributed by atoms with Crippen LogP contribution in [0.2, 0.25) is 0 Å². The second kappa shape index (κ2) is 7.06. The second-order valence-electron chi connectivity index (χ2n) is 2.58. The molecular weight excluding hydrogens is 158 g/mol. The molecule has 0 amide bonds. The lowest BCUT2D eigenvalue weighted by Gasteiger charge is -2.10. The first-order chi connectivity index (χ1) is 5.72. The van der Waals surface area contributed by atoms with E-state index in [2.05, 4.69) is 5.32 Å². The van der Waals surface area contributed by atoms with Gasteiger partial charge in [0.15, 0.2) is 0 Å². The smallest absolute Gasteiger partial charge is 0.309 e. The fourth-order valence-corrected chi connectivity index (χ4v) is 0.765. The molecule has 0 saturated carbocycles. The van der Waals surface area contributed by atoms with Gasteiger partial charge in [0.1, 0.15) is 0 Å². The molecule has 2 N–H and O–H groups in total. The molecule has 0 aliphatic carbocycles. The van der Waals surface area contributed by atoms with E-state index in [4.69, 9.17) is 9.84 Å². The van der Waals surface area contributed by atoms with Gasteiger partial charge in [-0.15, -0.1) is 0 Å². The number of carbonyl (C=O) groups excluding carboxylic acids is 1. The van der Waals surface area contributed by atoms with Crippen LogP contribution >= 0.6 is 0 Å². The molecule has 0 saturated heterocycles. The maximum absolute atomic E-state index is 11.0. The maximum Gasteiger partial charge on any atom is 0.309 e. The zero-order chi connectivity index (χ0) is 9.40. The van der Waals surface area contributed by atoms with Gasteiger partial charge < -0.3 is 15.2 Å². The van der Waals surface area contributed by atoms with Crippen LogP contribution in [0.1, 0.15) is 13.8 Å². The molecule has 1 atom stereocenters. The molecule has 0 spiro atoms. The number of hydrogen-bond donors (Lipinski definition) is 2. The predicted octanol–water partition coefficient (Wildman–Crippen LogP) is -0.233. The van der Waals surface area contributed by atoms with Crippen LogP contribution in [0.3, 0.4) is 0 Å². The van der Waals surface area contributed by atoms with E-state index >= 15 is 0 Å². The van der Waals surface area contributed by atoms with Gasteiger partial charge in [0.25, 0.3) is 0 Å². The predicted molar refractivity (Wildman–Crippen MR) is 45.8 cm³/mol. The minimum absolute atomic E-state index is 0.0928. The summed E-state index contributed by atoms with van der Waals surface area (Å²) in [6, 6.07) is 0. The van der Waals surface area contributed by atoms with Crippen molar-refractivity contribution in [1.29, 1.82) is 0 Å². The molecule has 0 bridgehead atoms. The Balaban J connectivity index is 3.42. The summed E-state index contributed by atoms with van der Waals surface area (Å²) in [5, 5.41) is 11.4. The third kappa shape index (κ3) is 5.09. The van der Waals surface area contributed by atoms with Crippen LogP contribution in [-0.2, 0) is 9.53 Å². The first-order valence-corrected chi connectivity index (χ1v) is 4.20. The first-order valence-electron chi connectivity index (χ1n) is 4.20. The first kappa shape index (κ1) is 11.4. The molecule has 72 valence electrons. The number of esters is 1. The minimum atomic E-state index is -0.192. The molecular formula is C8H17NO3. The number of ether oxygens (including phenoxy) is 1. The van der Waals surface area contributed by atoms with Crippen molar-refractivity contribution in [2.24, 2.45) is 5.92 Å². The summed E-state index contributed by atoms with van der Waals surface area (Å²) in [5.74, 6) is -0.334. The topological polar surface area (TPSA) is 58.6 Å². The van der Waals surface area contributed by atoms with Crippen molar-refractivity contribution < 1.29 is 14.6 Å². The number of carbonyl (C=O) groups is 1. The van der Waals surface area contributed by atoms with E-state index in [1.165, 1.54) is 0 Å². The van der Waals surface area contributed by atoms with Crippen LogP contribution < -0.4 is 5.32 Å². The Labute approximate surface area is 72.9 Å². The van der Waals surface area contributed by atoms with Gasteiger partial charge in [-0.25, -0.2) is 0 Å². The van der Waals surface area contributed by atoms with Gasteiger partial charge in [0.2, 0.25) is 0 Å². The Morgan fingerprint density at radius 1 is 1.67 bits per heavy atom. The molecule has 0 aromatic heterocycles. The molecule has 0 rings (SSSR count). The van der Waals surface area contributed by atoms with Crippen LogP contribution in [0.4, 0.5) is 0 Å². The van der Waals surface area contributed by atoms with Gasteiger partial charge >= 0.3 is 5.97 Å². The Kier molecular flexibility index (Phi) is 6.70. The van der Waals surface area contributed by atoms with Crippen LogP contribution in [0.25, 0.3) is 0 Å². The Morgan fingerprint density at radius 3 is 2.83 bits per heavy atom. The van der Waals surface area contributed by atoms with Gasteiger partial charge in [0.05, 0.1) is 19.1 Å². The lowest BCUT2D eigenvalue weighted by atomic mass is 10.2. The van der Waals surface area contributed by atoms with Crippen LogP contribution in [-0.4, -0.2) is 37.4 Å². The molecule has 0 aliphatic heterocycles. The molecule has 0 aliphatic rings. The summed E-state index contributed by atoms with van der Waals surface area (Å²) in [4.78, 5) is 11.0. The van der Waals surface area contributed by atoms with E-state index in [1.807, 2.05) is 0 Å². The highest BCUT2D eigenvalue weighted by Crippen LogP contribution is 1.95. The molecule has 12 heavy (non-hydrogen) atoms. The molecule has 4 nitrogen and oxygen atoms in total. The zero-order valence-corrected chi connectivity index (χ0v) is 7.67. The molecule has 0 aromatic carbocycles. The van der Waals surface area contributed by atoms with Crippen molar-refractivity contribution in [3.8, 4) is 0 Å². The van der Waals surface area contributed by atoms with Gasteiger partial charge in [-0.2, -0.15) is 0 Å². The molecule has 0 radical (unpaired) electrons. The summed E-state index contributed by atoms with van der Waals surface area (Å²) in [6.45, 7) is 5.16. The van der Waals surface area contributed by atoms with E-state index in [0.717, 1.165) is 0 Å². The zero-order valence-electron chi connectivity index (χ0n) is 7.67. The third-order valence-corrected chi connectivity index (χ3v) is 1.43. The van der Waals surface area contributed by atoms with E-state index in [0.29, 0.717) is 19.7 Å². The molecule has 0 aromatic rings. The fraction of sp³-hybridized carbons (Fsp3) is 0.875. The molecule has 0 fully saturated rings. The van der Waals surface area contributed by atoms with Crippen molar-refractivity contribution in [2.45, 2.75) is 13.8 Å². The summed E-state index contributed by atoms with van der Waals surface area (Å²) in [5.41, 5.74) is 0. The highest BCUT2D eigenvalue weighted by atomic mass is 16.5. The molecule has 0 heterocycles. The Morgan fingerprint density at radius 2 is 2.33 bits per heavy atom. The monoisotopic (exact) mass is 175 g/mol. The van der Waals surface area contributed by atoms with E-state index in [-0.39, 0.29) is 18.5 Å². The minimum Gasteiger partial charge on any atom is -0.466 e.